The van der Waals surface area contributed by atoms with Gasteiger partial charge in [-0.2, -0.15) is 5.10 Å². The molecule has 0 N–H and O–H groups in total. The predicted molar refractivity (Wildman–Crippen MR) is 92.5 cm³/mol. The lowest BCUT2D eigenvalue weighted by Crippen LogP contribution is -2.37. The second kappa shape index (κ2) is 6.51. The van der Waals surface area contributed by atoms with Crippen LogP contribution in [0.2, 0.25) is 5.02 Å². The van der Waals surface area contributed by atoms with E-state index in [0.29, 0.717) is 17.5 Å². The van der Waals surface area contributed by atoms with Gasteiger partial charge >= 0.3 is 0 Å². The molecule has 0 aromatic carbocycles. The number of fused-ring (bicyclic) bond motifs is 1. The maximum atomic E-state index is 12.2. The standard InChI is InChI=1S/C17H20ClN5O/c18-14-9-19-17(20-10-14)22-6-4-12(5-7-22)11-23-16(24)8-13-2-1-3-15(13)21-23/h8-10,12H,1-7,11H2. The zero-order valence-electron chi connectivity index (χ0n) is 13.5. The molecule has 2 aromatic heterocycles. The molecule has 6 nitrogen and oxygen atoms in total. The van der Waals surface area contributed by atoms with Crippen LogP contribution >= 0.6 is 11.6 Å². The van der Waals surface area contributed by atoms with Crippen LogP contribution in [0.5, 0.6) is 0 Å². The van der Waals surface area contributed by atoms with Crippen LogP contribution in [-0.2, 0) is 19.4 Å². The van der Waals surface area contributed by atoms with Gasteiger partial charge in [0.1, 0.15) is 0 Å². The second-order valence-corrected chi connectivity index (χ2v) is 7.06. The number of hydrogen-bond donors (Lipinski definition) is 0. The Morgan fingerprint density at radius 2 is 1.92 bits per heavy atom. The third-order valence-corrected chi connectivity index (χ3v) is 5.15. The molecule has 0 unspecified atom stereocenters. The summed E-state index contributed by atoms with van der Waals surface area (Å²) in [6, 6.07) is 1.78. The zero-order chi connectivity index (χ0) is 16.5. The highest BCUT2D eigenvalue weighted by Crippen LogP contribution is 2.22. The summed E-state index contributed by atoms with van der Waals surface area (Å²) in [5, 5.41) is 5.14. The number of aryl methyl sites for hydroxylation is 2. The first-order valence-electron chi connectivity index (χ1n) is 8.51. The molecule has 0 spiro atoms. The van der Waals surface area contributed by atoms with E-state index in [-0.39, 0.29) is 5.56 Å². The van der Waals surface area contributed by atoms with Gasteiger partial charge < -0.3 is 4.90 Å². The minimum atomic E-state index is 0.0408. The lowest BCUT2D eigenvalue weighted by atomic mass is 9.97. The first-order chi connectivity index (χ1) is 11.7. The number of nitrogens with zero attached hydrogens (tertiary/aromatic N) is 5. The summed E-state index contributed by atoms with van der Waals surface area (Å²) >= 11 is 5.84. The molecule has 0 amide bonds. The van der Waals surface area contributed by atoms with E-state index in [2.05, 4.69) is 20.0 Å². The maximum Gasteiger partial charge on any atom is 0.267 e. The number of anilines is 1. The van der Waals surface area contributed by atoms with E-state index in [9.17, 15) is 4.79 Å². The molecule has 24 heavy (non-hydrogen) atoms. The molecule has 1 aliphatic heterocycles. The van der Waals surface area contributed by atoms with Crippen LogP contribution in [0.25, 0.3) is 0 Å². The van der Waals surface area contributed by atoms with Gasteiger partial charge in [-0.05, 0) is 43.6 Å². The lowest BCUT2D eigenvalue weighted by Gasteiger charge is -2.31. The van der Waals surface area contributed by atoms with E-state index >= 15 is 0 Å². The van der Waals surface area contributed by atoms with Gasteiger partial charge in [-0.3, -0.25) is 4.79 Å². The monoisotopic (exact) mass is 345 g/mol. The van der Waals surface area contributed by atoms with E-state index in [4.69, 9.17) is 11.6 Å². The summed E-state index contributed by atoms with van der Waals surface area (Å²) < 4.78 is 1.67. The summed E-state index contributed by atoms with van der Waals surface area (Å²) in [7, 11) is 0. The number of halogens is 1. The first kappa shape index (κ1) is 15.6. The molecule has 0 bridgehead atoms. The van der Waals surface area contributed by atoms with Crippen molar-refractivity contribution in [3.8, 4) is 0 Å². The Balaban J connectivity index is 1.40. The van der Waals surface area contributed by atoms with Crippen molar-refractivity contribution in [2.45, 2.75) is 38.6 Å². The first-order valence-corrected chi connectivity index (χ1v) is 8.89. The van der Waals surface area contributed by atoms with Gasteiger partial charge in [0.25, 0.3) is 5.56 Å². The Morgan fingerprint density at radius 1 is 1.17 bits per heavy atom. The zero-order valence-corrected chi connectivity index (χ0v) is 14.2. The van der Waals surface area contributed by atoms with E-state index in [0.717, 1.165) is 62.4 Å². The van der Waals surface area contributed by atoms with Gasteiger partial charge in [-0.1, -0.05) is 11.6 Å². The van der Waals surface area contributed by atoms with Crippen LogP contribution in [0.15, 0.2) is 23.3 Å². The van der Waals surface area contributed by atoms with Gasteiger partial charge in [0.05, 0.1) is 23.1 Å². The summed E-state index contributed by atoms with van der Waals surface area (Å²) in [5.74, 6) is 1.20. The van der Waals surface area contributed by atoms with Gasteiger partial charge in [0.2, 0.25) is 5.95 Å². The Morgan fingerprint density at radius 3 is 2.67 bits per heavy atom. The van der Waals surface area contributed by atoms with Crippen molar-refractivity contribution in [2.24, 2.45) is 5.92 Å². The molecule has 1 saturated heterocycles. The fourth-order valence-corrected chi connectivity index (χ4v) is 3.70. The summed E-state index contributed by atoms with van der Waals surface area (Å²) in [6.45, 7) is 2.50. The van der Waals surface area contributed by atoms with E-state index in [1.54, 1.807) is 23.1 Å². The molecule has 1 aliphatic carbocycles. The third-order valence-electron chi connectivity index (χ3n) is 4.96. The minimum Gasteiger partial charge on any atom is -0.341 e. The van der Waals surface area contributed by atoms with Crippen molar-refractivity contribution in [3.63, 3.8) is 0 Å². The molecule has 126 valence electrons. The van der Waals surface area contributed by atoms with Crippen molar-refractivity contribution < 1.29 is 0 Å². The lowest BCUT2D eigenvalue weighted by molar-refractivity contribution is 0.332. The van der Waals surface area contributed by atoms with E-state index < -0.39 is 0 Å². The Kier molecular flexibility index (Phi) is 4.22. The SMILES string of the molecule is O=c1cc2c(nn1CC1CCN(c3ncc(Cl)cn3)CC1)CCC2. The van der Waals surface area contributed by atoms with Gasteiger partial charge in [0.15, 0.2) is 0 Å². The van der Waals surface area contributed by atoms with Crippen LogP contribution < -0.4 is 10.5 Å². The smallest absolute Gasteiger partial charge is 0.267 e. The Bertz CT molecular complexity index is 781. The highest BCUT2D eigenvalue weighted by Gasteiger charge is 2.23. The van der Waals surface area contributed by atoms with Crippen molar-refractivity contribution in [1.29, 1.82) is 0 Å². The van der Waals surface area contributed by atoms with E-state index in [1.165, 1.54) is 0 Å². The molecule has 2 aromatic rings. The average molecular weight is 346 g/mol. The number of aromatic nitrogens is 4. The normalized spacial score (nSPS) is 18.0. The predicted octanol–water partition coefficient (Wildman–Crippen LogP) is 2.09. The molecular weight excluding hydrogens is 326 g/mol. The molecule has 3 heterocycles. The molecule has 4 rings (SSSR count). The van der Waals surface area contributed by atoms with Crippen molar-refractivity contribution in [3.05, 3.63) is 45.1 Å². The molecule has 0 radical (unpaired) electrons. The largest absolute Gasteiger partial charge is 0.341 e. The number of rotatable bonds is 3. The summed E-state index contributed by atoms with van der Waals surface area (Å²) in [5.41, 5.74) is 2.30. The molecule has 2 aliphatic rings. The molecule has 1 fully saturated rings. The Labute approximate surface area is 145 Å². The van der Waals surface area contributed by atoms with Gasteiger partial charge in [-0.15, -0.1) is 0 Å². The highest BCUT2D eigenvalue weighted by atomic mass is 35.5. The van der Waals surface area contributed by atoms with Crippen LogP contribution in [0.4, 0.5) is 5.95 Å². The highest BCUT2D eigenvalue weighted by molar-refractivity contribution is 6.30. The Hall–Kier alpha value is -1.95. The van der Waals surface area contributed by atoms with Gasteiger partial charge in [0, 0.05) is 25.7 Å². The fourth-order valence-electron chi connectivity index (χ4n) is 3.60. The summed E-state index contributed by atoms with van der Waals surface area (Å²) in [6.07, 6.45) is 8.40. The topological polar surface area (TPSA) is 63.9 Å². The summed E-state index contributed by atoms with van der Waals surface area (Å²) in [4.78, 5) is 23.0. The minimum absolute atomic E-state index is 0.0408. The second-order valence-electron chi connectivity index (χ2n) is 6.62. The average Bonchev–Trinajstić information content (AvgIpc) is 3.04. The van der Waals surface area contributed by atoms with Crippen molar-refractivity contribution in [2.75, 3.05) is 18.0 Å². The van der Waals surface area contributed by atoms with Crippen molar-refractivity contribution >= 4 is 17.5 Å². The van der Waals surface area contributed by atoms with Crippen LogP contribution in [-0.4, -0.2) is 32.8 Å². The van der Waals surface area contributed by atoms with Crippen LogP contribution in [0, 0.1) is 5.92 Å². The number of piperidine rings is 1. The van der Waals surface area contributed by atoms with Crippen LogP contribution in [0.3, 0.4) is 0 Å². The van der Waals surface area contributed by atoms with E-state index in [1.807, 2.05) is 0 Å². The molecule has 0 atom stereocenters. The number of hydrogen-bond acceptors (Lipinski definition) is 5. The maximum absolute atomic E-state index is 12.2. The van der Waals surface area contributed by atoms with Crippen molar-refractivity contribution in [1.82, 2.24) is 19.7 Å². The molecule has 7 heteroatoms. The molecule has 0 saturated carbocycles. The van der Waals surface area contributed by atoms with Gasteiger partial charge in [-0.25, -0.2) is 14.6 Å². The molecular formula is C17H20ClN5O. The van der Waals surface area contributed by atoms with Crippen LogP contribution in [0.1, 0.15) is 30.5 Å². The quantitative estimate of drug-likeness (QED) is 0.852. The third kappa shape index (κ3) is 3.15. The fraction of sp³-hybridized carbons (Fsp3) is 0.529.